The second kappa shape index (κ2) is 9.07. The van der Waals surface area contributed by atoms with Gasteiger partial charge >= 0.3 is 0 Å². The van der Waals surface area contributed by atoms with Crippen LogP contribution in [0.5, 0.6) is 5.75 Å². The number of carbonyl (C=O) groups excluding carboxylic acids is 1. The first-order chi connectivity index (χ1) is 15.0. The second-order valence-electron chi connectivity index (χ2n) is 7.49. The minimum atomic E-state index is -3.64. The molecule has 0 aromatic heterocycles. The van der Waals surface area contributed by atoms with Gasteiger partial charge in [-0.2, -0.15) is 0 Å². The number of nitrogens with zero attached hydrogens (tertiary/aromatic N) is 2. The number of amides is 1. The quantitative estimate of drug-likeness (QED) is 0.705. The lowest BCUT2D eigenvalue weighted by atomic mass is 10.1. The molecule has 0 saturated carbocycles. The van der Waals surface area contributed by atoms with Crippen molar-refractivity contribution in [1.82, 2.24) is 9.62 Å². The molecule has 1 amide bonds. The molecule has 4 rings (SSSR count). The van der Waals surface area contributed by atoms with Crippen molar-refractivity contribution in [3.8, 4) is 5.75 Å². The molecule has 0 aliphatic carbocycles. The first kappa shape index (κ1) is 21.3. The molecule has 9 heteroatoms. The van der Waals surface area contributed by atoms with E-state index in [-0.39, 0.29) is 29.3 Å². The van der Waals surface area contributed by atoms with Crippen LogP contribution in [0.2, 0.25) is 0 Å². The molecule has 2 aliphatic rings. The Balaban J connectivity index is 1.54. The normalized spacial score (nSPS) is 20.3. The Kier molecular flexibility index (Phi) is 6.24. The number of hydrogen-bond acceptors (Lipinski definition) is 6. The van der Waals surface area contributed by atoms with Crippen molar-refractivity contribution in [2.24, 2.45) is 4.99 Å². The van der Waals surface area contributed by atoms with Gasteiger partial charge in [0.2, 0.25) is 5.91 Å². The van der Waals surface area contributed by atoms with E-state index < -0.39 is 10.0 Å². The lowest BCUT2D eigenvalue weighted by molar-refractivity contribution is -0.131. The van der Waals surface area contributed by atoms with Crippen LogP contribution in [0.25, 0.3) is 0 Å². The minimum absolute atomic E-state index is 0.0166. The average Bonchev–Trinajstić information content (AvgIpc) is 3.38. The van der Waals surface area contributed by atoms with Crippen molar-refractivity contribution < 1.29 is 22.7 Å². The molecule has 1 saturated heterocycles. The molecule has 1 fully saturated rings. The number of fused-ring (bicyclic) bond motifs is 1. The molecule has 1 atom stereocenters. The smallest absolute Gasteiger partial charge is 0.263 e. The average molecular weight is 444 g/mol. The topological polar surface area (TPSA) is 97.3 Å². The number of ether oxygens (including phenoxy) is 2. The van der Waals surface area contributed by atoms with Crippen molar-refractivity contribution in [1.29, 1.82) is 0 Å². The molecule has 0 bridgehead atoms. The standard InChI is InChI=1S/C22H25N3O5S/c1-29-19-10-4-2-7-16(19)14-25(15-17-8-6-12-30-17)21(26)13-23-22-18-9-3-5-11-20(18)31(27,28)24-22/h2-5,7,9-11,17H,6,8,12-15H2,1H3,(H,23,24). The highest BCUT2D eigenvalue weighted by Crippen LogP contribution is 2.23. The first-order valence-corrected chi connectivity index (χ1v) is 11.6. The van der Waals surface area contributed by atoms with Crippen LogP contribution in [-0.2, 0) is 26.1 Å². The van der Waals surface area contributed by atoms with Crippen molar-refractivity contribution in [2.45, 2.75) is 30.4 Å². The van der Waals surface area contributed by atoms with E-state index in [1.165, 1.54) is 6.07 Å². The summed E-state index contributed by atoms with van der Waals surface area (Å²) in [4.78, 5) is 19.3. The molecule has 1 unspecified atom stereocenters. The maximum atomic E-state index is 13.1. The zero-order valence-corrected chi connectivity index (χ0v) is 18.1. The van der Waals surface area contributed by atoms with Crippen molar-refractivity contribution in [3.63, 3.8) is 0 Å². The first-order valence-electron chi connectivity index (χ1n) is 10.2. The van der Waals surface area contributed by atoms with E-state index in [1.54, 1.807) is 30.2 Å². The number of rotatable bonds is 7. The molecule has 2 aromatic carbocycles. The number of methoxy groups -OCH3 is 1. The second-order valence-corrected chi connectivity index (χ2v) is 9.14. The van der Waals surface area contributed by atoms with Crippen molar-refractivity contribution in [3.05, 3.63) is 59.7 Å². The fourth-order valence-corrected chi connectivity index (χ4v) is 5.08. The zero-order valence-electron chi connectivity index (χ0n) is 17.3. The minimum Gasteiger partial charge on any atom is -0.496 e. The molecule has 31 heavy (non-hydrogen) atoms. The molecule has 164 valence electrons. The number of aliphatic imine (C=N–C) groups is 1. The highest BCUT2D eigenvalue weighted by atomic mass is 32.2. The zero-order chi connectivity index (χ0) is 21.8. The van der Waals surface area contributed by atoms with E-state index in [4.69, 9.17) is 9.47 Å². The summed E-state index contributed by atoms with van der Waals surface area (Å²) < 4.78 is 38.1. The molecular formula is C22H25N3O5S. The highest BCUT2D eigenvalue weighted by Gasteiger charge is 2.30. The van der Waals surface area contributed by atoms with Gasteiger partial charge in [0.05, 0.1) is 18.1 Å². The third kappa shape index (κ3) is 4.72. The van der Waals surface area contributed by atoms with Crippen molar-refractivity contribution in [2.75, 3.05) is 26.8 Å². The van der Waals surface area contributed by atoms with Crippen LogP contribution >= 0.6 is 0 Å². The summed E-state index contributed by atoms with van der Waals surface area (Å²) >= 11 is 0. The Morgan fingerprint density at radius 1 is 1.23 bits per heavy atom. The van der Waals surface area contributed by atoms with Gasteiger partial charge in [-0.1, -0.05) is 30.3 Å². The van der Waals surface area contributed by atoms with E-state index in [9.17, 15) is 13.2 Å². The molecule has 0 spiro atoms. The van der Waals surface area contributed by atoms with Crippen LogP contribution in [0.1, 0.15) is 24.0 Å². The fraction of sp³-hybridized carbons (Fsp3) is 0.364. The Hall–Kier alpha value is -2.91. The number of carbonyl (C=O) groups is 1. The third-order valence-corrected chi connectivity index (χ3v) is 6.79. The van der Waals surface area contributed by atoms with Gasteiger partial charge in [0, 0.05) is 30.8 Å². The molecule has 2 aromatic rings. The van der Waals surface area contributed by atoms with E-state index >= 15 is 0 Å². The summed E-state index contributed by atoms with van der Waals surface area (Å²) in [5, 5.41) is 0. The predicted octanol–water partition coefficient (Wildman–Crippen LogP) is 1.94. The van der Waals surface area contributed by atoms with E-state index in [1.807, 2.05) is 24.3 Å². The summed E-state index contributed by atoms with van der Waals surface area (Å²) in [6, 6.07) is 14.1. The number of benzene rings is 2. The summed E-state index contributed by atoms with van der Waals surface area (Å²) in [7, 11) is -2.04. The van der Waals surface area contributed by atoms with Gasteiger partial charge in [0.1, 0.15) is 18.1 Å². The van der Waals surface area contributed by atoms with Gasteiger partial charge < -0.3 is 14.4 Å². The number of para-hydroxylation sites is 1. The van der Waals surface area contributed by atoms with Gasteiger partial charge in [-0.3, -0.25) is 14.5 Å². The Morgan fingerprint density at radius 2 is 2.00 bits per heavy atom. The number of amidine groups is 1. The van der Waals surface area contributed by atoms with E-state index in [0.29, 0.717) is 31.0 Å². The lowest BCUT2D eigenvalue weighted by Gasteiger charge is -2.26. The molecule has 2 heterocycles. The summed E-state index contributed by atoms with van der Waals surface area (Å²) in [6.07, 6.45) is 1.86. The van der Waals surface area contributed by atoms with Gasteiger partial charge in [-0.25, -0.2) is 8.42 Å². The monoisotopic (exact) mass is 443 g/mol. The van der Waals surface area contributed by atoms with Crippen LogP contribution in [0.4, 0.5) is 0 Å². The Morgan fingerprint density at radius 3 is 2.77 bits per heavy atom. The van der Waals surface area contributed by atoms with Crippen LogP contribution in [0.3, 0.4) is 0 Å². The lowest BCUT2D eigenvalue weighted by Crippen LogP contribution is -2.38. The predicted molar refractivity (Wildman–Crippen MR) is 116 cm³/mol. The van der Waals surface area contributed by atoms with Crippen LogP contribution in [-0.4, -0.2) is 58.0 Å². The van der Waals surface area contributed by atoms with Gasteiger partial charge in [-0.15, -0.1) is 0 Å². The Labute approximate surface area is 181 Å². The highest BCUT2D eigenvalue weighted by molar-refractivity contribution is 7.90. The maximum Gasteiger partial charge on any atom is 0.263 e. The summed E-state index contributed by atoms with van der Waals surface area (Å²) in [5.41, 5.74) is 1.36. The Bertz CT molecular complexity index is 1090. The molecule has 1 N–H and O–H groups in total. The van der Waals surface area contributed by atoms with Crippen LogP contribution in [0.15, 0.2) is 58.4 Å². The SMILES string of the molecule is COc1ccccc1CN(CC1CCCO1)C(=O)CN=C1NS(=O)(=O)c2ccccc21. The van der Waals surface area contributed by atoms with Gasteiger partial charge in [-0.05, 0) is 31.0 Å². The van der Waals surface area contributed by atoms with Crippen molar-refractivity contribution >= 4 is 21.8 Å². The number of sulfonamides is 1. The molecule has 2 aliphatic heterocycles. The van der Waals surface area contributed by atoms with Crippen LogP contribution < -0.4 is 9.46 Å². The number of hydrogen-bond donors (Lipinski definition) is 1. The molecule has 8 nitrogen and oxygen atoms in total. The molecular weight excluding hydrogens is 418 g/mol. The summed E-state index contributed by atoms with van der Waals surface area (Å²) in [6.45, 7) is 1.33. The largest absolute Gasteiger partial charge is 0.496 e. The van der Waals surface area contributed by atoms with Gasteiger partial charge in [0.25, 0.3) is 10.0 Å². The van der Waals surface area contributed by atoms with E-state index in [0.717, 1.165) is 18.4 Å². The fourth-order valence-electron chi connectivity index (χ4n) is 3.83. The summed E-state index contributed by atoms with van der Waals surface area (Å²) in [5.74, 6) is 0.687. The maximum absolute atomic E-state index is 13.1. The van der Waals surface area contributed by atoms with Crippen LogP contribution in [0, 0.1) is 0 Å². The molecule has 0 radical (unpaired) electrons. The third-order valence-electron chi connectivity index (χ3n) is 5.39. The van der Waals surface area contributed by atoms with E-state index in [2.05, 4.69) is 9.71 Å². The van der Waals surface area contributed by atoms with Gasteiger partial charge in [0.15, 0.2) is 0 Å². The number of nitrogens with one attached hydrogen (secondary N) is 1.